The maximum atomic E-state index is 10.9. The standard InChI is InChI=1S/C19H28N4O2/c20-19(24)25-18-12-16(6-9-21-18)13-22-17-7-10-23(11-8-17)14-15-4-2-1-3-5-15/h1-5,13,16-18,21H,6-12,14H2,(H2,20,24). The summed E-state index contributed by atoms with van der Waals surface area (Å²) in [6.07, 6.45) is 5.06. The summed E-state index contributed by atoms with van der Waals surface area (Å²) in [5.41, 5.74) is 6.46. The van der Waals surface area contributed by atoms with Gasteiger partial charge in [-0.15, -0.1) is 0 Å². The molecule has 0 bridgehead atoms. The number of nitrogens with one attached hydrogen (secondary N) is 1. The van der Waals surface area contributed by atoms with Gasteiger partial charge in [0.25, 0.3) is 0 Å². The van der Waals surface area contributed by atoms with Crippen LogP contribution in [0.4, 0.5) is 4.79 Å². The molecule has 1 amide bonds. The first-order chi connectivity index (χ1) is 12.2. The molecule has 2 aliphatic rings. The highest BCUT2D eigenvalue weighted by molar-refractivity contribution is 5.65. The van der Waals surface area contributed by atoms with Crippen molar-refractivity contribution < 1.29 is 9.53 Å². The van der Waals surface area contributed by atoms with Crippen LogP contribution < -0.4 is 11.1 Å². The Bertz CT molecular complexity index is 570. The lowest BCUT2D eigenvalue weighted by Gasteiger charge is -2.31. The number of ether oxygens (including phenoxy) is 1. The lowest BCUT2D eigenvalue weighted by Crippen LogP contribution is -2.42. The van der Waals surface area contributed by atoms with Crippen molar-refractivity contribution in [3.8, 4) is 0 Å². The second kappa shape index (κ2) is 8.97. The largest absolute Gasteiger partial charge is 0.431 e. The van der Waals surface area contributed by atoms with Gasteiger partial charge in [-0.2, -0.15) is 0 Å². The van der Waals surface area contributed by atoms with Gasteiger partial charge < -0.3 is 10.5 Å². The molecule has 6 heteroatoms. The Hall–Kier alpha value is -1.92. The molecule has 2 atom stereocenters. The van der Waals surface area contributed by atoms with Gasteiger partial charge in [0.15, 0.2) is 6.23 Å². The van der Waals surface area contributed by atoms with Gasteiger partial charge in [-0.3, -0.25) is 15.2 Å². The van der Waals surface area contributed by atoms with E-state index >= 15 is 0 Å². The normalized spacial score (nSPS) is 25.9. The van der Waals surface area contributed by atoms with Crippen LogP contribution in [0.1, 0.15) is 31.2 Å². The quantitative estimate of drug-likeness (QED) is 0.802. The molecule has 25 heavy (non-hydrogen) atoms. The number of aliphatic imine (C=N–C) groups is 1. The molecule has 2 saturated heterocycles. The van der Waals surface area contributed by atoms with Crippen molar-refractivity contribution in [2.45, 2.75) is 44.5 Å². The van der Waals surface area contributed by atoms with Crippen LogP contribution in [-0.4, -0.2) is 49.1 Å². The van der Waals surface area contributed by atoms with E-state index in [0.717, 1.165) is 51.9 Å². The summed E-state index contributed by atoms with van der Waals surface area (Å²) in [6, 6.07) is 11.0. The molecule has 2 aliphatic heterocycles. The minimum atomic E-state index is -0.721. The summed E-state index contributed by atoms with van der Waals surface area (Å²) in [7, 11) is 0. The highest BCUT2D eigenvalue weighted by atomic mass is 16.6. The predicted molar refractivity (Wildman–Crippen MR) is 98.4 cm³/mol. The van der Waals surface area contributed by atoms with E-state index in [0.29, 0.717) is 12.0 Å². The summed E-state index contributed by atoms with van der Waals surface area (Å²) in [5, 5.41) is 3.16. The van der Waals surface area contributed by atoms with E-state index in [-0.39, 0.29) is 6.23 Å². The number of benzene rings is 1. The molecule has 0 saturated carbocycles. The number of likely N-dealkylation sites (tertiary alicyclic amines) is 1. The summed E-state index contributed by atoms with van der Waals surface area (Å²) >= 11 is 0. The Morgan fingerprint density at radius 2 is 2.04 bits per heavy atom. The number of nitrogens with two attached hydrogens (primary N) is 1. The van der Waals surface area contributed by atoms with Crippen LogP contribution in [0.2, 0.25) is 0 Å². The number of primary amides is 1. The van der Waals surface area contributed by atoms with E-state index in [1.54, 1.807) is 0 Å². The minimum Gasteiger partial charge on any atom is -0.431 e. The van der Waals surface area contributed by atoms with Crippen LogP contribution in [0, 0.1) is 5.92 Å². The van der Waals surface area contributed by atoms with Crippen molar-refractivity contribution in [2.75, 3.05) is 19.6 Å². The molecule has 0 radical (unpaired) electrons. The van der Waals surface area contributed by atoms with Crippen molar-refractivity contribution in [3.05, 3.63) is 35.9 Å². The minimum absolute atomic E-state index is 0.282. The second-order valence-electron chi connectivity index (χ2n) is 6.96. The van der Waals surface area contributed by atoms with E-state index in [1.807, 2.05) is 0 Å². The Morgan fingerprint density at radius 1 is 1.28 bits per heavy atom. The summed E-state index contributed by atoms with van der Waals surface area (Å²) in [6.45, 7) is 4.04. The van der Waals surface area contributed by atoms with Crippen LogP contribution in [-0.2, 0) is 11.3 Å². The summed E-state index contributed by atoms with van der Waals surface area (Å²) in [4.78, 5) is 18.2. The highest BCUT2D eigenvalue weighted by Crippen LogP contribution is 2.19. The number of amides is 1. The first-order valence-electron chi connectivity index (χ1n) is 9.18. The van der Waals surface area contributed by atoms with Gasteiger partial charge in [0, 0.05) is 32.3 Å². The molecule has 0 aromatic heterocycles. The lowest BCUT2D eigenvalue weighted by atomic mass is 9.97. The first kappa shape index (κ1) is 17.9. The monoisotopic (exact) mass is 344 g/mol. The van der Waals surface area contributed by atoms with Crippen molar-refractivity contribution in [3.63, 3.8) is 0 Å². The maximum Gasteiger partial charge on any atom is 0.406 e. The average molecular weight is 344 g/mol. The van der Waals surface area contributed by atoms with Crippen molar-refractivity contribution >= 4 is 12.3 Å². The fourth-order valence-electron chi connectivity index (χ4n) is 3.58. The van der Waals surface area contributed by atoms with Crippen molar-refractivity contribution in [1.82, 2.24) is 10.2 Å². The molecule has 6 nitrogen and oxygen atoms in total. The predicted octanol–water partition coefficient (Wildman–Crippen LogP) is 2.14. The van der Waals surface area contributed by atoms with Gasteiger partial charge >= 0.3 is 6.09 Å². The number of piperidine rings is 2. The molecule has 2 unspecified atom stereocenters. The van der Waals surface area contributed by atoms with Gasteiger partial charge in [0.2, 0.25) is 0 Å². The molecule has 2 fully saturated rings. The summed E-state index contributed by atoms with van der Waals surface area (Å²) in [5.74, 6) is 0.355. The zero-order valence-electron chi connectivity index (χ0n) is 14.6. The van der Waals surface area contributed by atoms with E-state index < -0.39 is 6.09 Å². The summed E-state index contributed by atoms with van der Waals surface area (Å²) < 4.78 is 5.04. The molecule has 136 valence electrons. The highest BCUT2D eigenvalue weighted by Gasteiger charge is 2.23. The molecular formula is C19H28N4O2. The maximum absolute atomic E-state index is 10.9. The Balaban J connectivity index is 1.41. The zero-order valence-corrected chi connectivity index (χ0v) is 14.6. The van der Waals surface area contributed by atoms with Gasteiger partial charge in [0.05, 0.1) is 6.04 Å². The molecular weight excluding hydrogens is 316 g/mol. The first-order valence-corrected chi connectivity index (χ1v) is 9.18. The molecule has 0 spiro atoms. The van der Waals surface area contributed by atoms with Crippen LogP contribution >= 0.6 is 0 Å². The molecule has 1 aromatic rings. The van der Waals surface area contributed by atoms with Crippen LogP contribution in [0.25, 0.3) is 0 Å². The topological polar surface area (TPSA) is 80.0 Å². The Labute approximate surface area is 149 Å². The number of rotatable bonds is 5. The molecule has 3 N–H and O–H groups in total. The number of hydrogen-bond donors (Lipinski definition) is 2. The fraction of sp³-hybridized carbons (Fsp3) is 0.579. The number of hydrogen-bond acceptors (Lipinski definition) is 5. The number of nitrogens with zero attached hydrogens (tertiary/aromatic N) is 2. The second-order valence-corrected chi connectivity index (χ2v) is 6.96. The third-order valence-electron chi connectivity index (χ3n) is 4.98. The van der Waals surface area contributed by atoms with E-state index in [4.69, 9.17) is 15.5 Å². The van der Waals surface area contributed by atoms with Gasteiger partial charge in [-0.1, -0.05) is 30.3 Å². The fourth-order valence-corrected chi connectivity index (χ4v) is 3.58. The van der Waals surface area contributed by atoms with Crippen molar-refractivity contribution in [2.24, 2.45) is 16.6 Å². The SMILES string of the molecule is NC(=O)OC1CC(C=NC2CCN(Cc3ccccc3)CC2)CCN1. The molecule has 3 rings (SSSR count). The number of carbonyl (C=O) groups is 1. The molecule has 0 aliphatic carbocycles. The molecule has 1 aromatic carbocycles. The van der Waals surface area contributed by atoms with Crippen LogP contribution in [0.3, 0.4) is 0 Å². The Kier molecular flexibility index (Phi) is 6.42. The average Bonchev–Trinajstić information content (AvgIpc) is 2.62. The van der Waals surface area contributed by atoms with Crippen LogP contribution in [0.5, 0.6) is 0 Å². The number of carbonyl (C=O) groups excluding carboxylic acids is 1. The lowest BCUT2D eigenvalue weighted by molar-refractivity contribution is 0.0612. The van der Waals surface area contributed by atoms with Gasteiger partial charge in [0.1, 0.15) is 0 Å². The van der Waals surface area contributed by atoms with E-state index in [1.165, 1.54) is 5.56 Å². The van der Waals surface area contributed by atoms with E-state index in [2.05, 4.69) is 46.8 Å². The van der Waals surface area contributed by atoms with Gasteiger partial charge in [-0.25, -0.2) is 4.79 Å². The van der Waals surface area contributed by atoms with Crippen LogP contribution in [0.15, 0.2) is 35.3 Å². The Morgan fingerprint density at radius 3 is 2.76 bits per heavy atom. The van der Waals surface area contributed by atoms with Crippen molar-refractivity contribution in [1.29, 1.82) is 0 Å². The third kappa shape index (κ3) is 5.83. The van der Waals surface area contributed by atoms with E-state index in [9.17, 15) is 4.79 Å². The zero-order chi connectivity index (χ0) is 17.5. The molecule has 2 heterocycles. The van der Waals surface area contributed by atoms with Gasteiger partial charge in [-0.05, 0) is 37.3 Å². The smallest absolute Gasteiger partial charge is 0.406 e. The third-order valence-corrected chi connectivity index (χ3v) is 4.98.